The van der Waals surface area contributed by atoms with Gasteiger partial charge in [0, 0.05) is 5.69 Å². The third-order valence-corrected chi connectivity index (χ3v) is 3.42. The molecule has 0 fully saturated rings. The van der Waals surface area contributed by atoms with E-state index in [1.54, 1.807) is 25.1 Å². The number of aryl methyl sites for hydroxylation is 1. The molecule has 0 radical (unpaired) electrons. The van der Waals surface area contributed by atoms with Gasteiger partial charge < -0.3 is 14.8 Å². The maximum atomic E-state index is 12.1. The van der Waals surface area contributed by atoms with Crippen LogP contribution in [0.25, 0.3) is 0 Å². The Morgan fingerprint density at radius 1 is 1.18 bits per heavy atom. The van der Waals surface area contributed by atoms with Gasteiger partial charge >= 0.3 is 0 Å². The zero-order valence-electron chi connectivity index (χ0n) is 12.7. The Kier molecular flexibility index (Phi) is 5.28. The van der Waals surface area contributed by atoms with E-state index >= 15 is 0 Å². The minimum atomic E-state index is -0.622. The number of hydrogen-bond donors (Lipinski definition) is 1. The summed E-state index contributed by atoms with van der Waals surface area (Å²) in [6.07, 6.45) is -0.622. The molecule has 4 nitrogen and oxygen atoms in total. The van der Waals surface area contributed by atoms with Crippen molar-refractivity contribution in [2.75, 3.05) is 12.4 Å². The highest BCUT2D eigenvalue weighted by atomic mass is 35.5. The maximum absolute atomic E-state index is 12.1. The molecule has 0 aliphatic carbocycles. The normalized spacial score (nSPS) is 11.6. The first-order chi connectivity index (χ1) is 10.5. The lowest BCUT2D eigenvalue weighted by atomic mass is 10.2. The van der Waals surface area contributed by atoms with Gasteiger partial charge in [-0.2, -0.15) is 0 Å². The summed E-state index contributed by atoms with van der Waals surface area (Å²) in [5.41, 5.74) is 1.73. The van der Waals surface area contributed by atoms with Crippen LogP contribution < -0.4 is 14.8 Å². The Morgan fingerprint density at radius 3 is 2.45 bits per heavy atom. The summed E-state index contributed by atoms with van der Waals surface area (Å²) in [5.74, 6) is 0.964. The molecule has 0 heterocycles. The lowest BCUT2D eigenvalue weighted by molar-refractivity contribution is -0.122. The second-order valence-corrected chi connectivity index (χ2v) is 5.32. The molecule has 2 aromatic carbocycles. The quantitative estimate of drug-likeness (QED) is 0.904. The summed E-state index contributed by atoms with van der Waals surface area (Å²) in [4.78, 5) is 12.1. The van der Waals surface area contributed by atoms with Crippen molar-refractivity contribution in [3.8, 4) is 11.5 Å². The van der Waals surface area contributed by atoms with E-state index in [1.807, 2.05) is 31.2 Å². The number of amides is 1. The lowest BCUT2D eigenvalue weighted by Crippen LogP contribution is -2.30. The monoisotopic (exact) mass is 319 g/mol. The number of methoxy groups -OCH3 is 1. The SMILES string of the molecule is COc1ccc(NC(=O)[C@@H](C)Oc2ccc(C)cc2)cc1Cl. The molecule has 1 amide bonds. The highest BCUT2D eigenvalue weighted by molar-refractivity contribution is 6.32. The third-order valence-electron chi connectivity index (χ3n) is 3.12. The molecule has 0 bridgehead atoms. The summed E-state index contributed by atoms with van der Waals surface area (Å²) in [5, 5.41) is 3.20. The number of rotatable bonds is 5. The second kappa shape index (κ2) is 7.18. The standard InChI is InChI=1S/C17H18ClNO3/c1-11-4-7-14(8-5-11)22-12(2)17(20)19-13-6-9-16(21-3)15(18)10-13/h4-10,12H,1-3H3,(H,19,20)/t12-/m1/s1. The van der Waals surface area contributed by atoms with E-state index in [-0.39, 0.29) is 5.91 Å². The Hall–Kier alpha value is -2.20. The fourth-order valence-electron chi connectivity index (χ4n) is 1.86. The van der Waals surface area contributed by atoms with Crippen LogP contribution in [-0.4, -0.2) is 19.1 Å². The van der Waals surface area contributed by atoms with Gasteiger partial charge in [0.1, 0.15) is 11.5 Å². The second-order valence-electron chi connectivity index (χ2n) is 4.91. The summed E-state index contributed by atoms with van der Waals surface area (Å²) in [6.45, 7) is 3.69. The Morgan fingerprint density at radius 2 is 1.86 bits per heavy atom. The van der Waals surface area contributed by atoms with Gasteiger partial charge in [0.25, 0.3) is 5.91 Å². The molecule has 0 aliphatic rings. The molecule has 5 heteroatoms. The minimum absolute atomic E-state index is 0.248. The summed E-state index contributed by atoms with van der Waals surface area (Å²) in [7, 11) is 1.54. The average Bonchev–Trinajstić information content (AvgIpc) is 2.49. The molecule has 116 valence electrons. The largest absolute Gasteiger partial charge is 0.495 e. The molecule has 2 aromatic rings. The smallest absolute Gasteiger partial charge is 0.265 e. The fraction of sp³-hybridized carbons (Fsp3) is 0.235. The van der Waals surface area contributed by atoms with Crippen LogP contribution in [0.1, 0.15) is 12.5 Å². The first-order valence-electron chi connectivity index (χ1n) is 6.87. The number of anilines is 1. The van der Waals surface area contributed by atoms with Crippen molar-refractivity contribution >= 4 is 23.2 Å². The fourth-order valence-corrected chi connectivity index (χ4v) is 2.12. The van der Waals surface area contributed by atoms with E-state index in [9.17, 15) is 4.79 Å². The van der Waals surface area contributed by atoms with Gasteiger partial charge in [-0.15, -0.1) is 0 Å². The number of hydrogen-bond acceptors (Lipinski definition) is 3. The van der Waals surface area contributed by atoms with Gasteiger partial charge in [0.2, 0.25) is 0 Å². The van der Waals surface area contributed by atoms with Gasteiger partial charge in [0.15, 0.2) is 6.10 Å². The zero-order chi connectivity index (χ0) is 16.1. The highest BCUT2D eigenvalue weighted by Crippen LogP contribution is 2.27. The predicted octanol–water partition coefficient (Wildman–Crippen LogP) is 4.06. The van der Waals surface area contributed by atoms with Gasteiger partial charge in [-0.25, -0.2) is 0 Å². The molecule has 0 unspecified atom stereocenters. The topological polar surface area (TPSA) is 47.6 Å². The van der Waals surface area contributed by atoms with Crippen LogP contribution in [0, 0.1) is 6.92 Å². The van der Waals surface area contributed by atoms with Crippen LogP contribution in [0.3, 0.4) is 0 Å². The van der Waals surface area contributed by atoms with E-state index in [2.05, 4.69) is 5.32 Å². The third kappa shape index (κ3) is 4.15. The first kappa shape index (κ1) is 16.2. The van der Waals surface area contributed by atoms with E-state index in [0.717, 1.165) is 5.56 Å². The number of carbonyl (C=O) groups is 1. The molecule has 0 aliphatic heterocycles. The highest BCUT2D eigenvalue weighted by Gasteiger charge is 2.15. The zero-order valence-corrected chi connectivity index (χ0v) is 13.5. The molecule has 0 spiro atoms. The number of carbonyl (C=O) groups excluding carboxylic acids is 1. The van der Waals surface area contributed by atoms with E-state index < -0.39 is 6.10 Å². The summed E-state index contributed by atoms with van der Waals surface area (Å²) in [6, 6.07) is 12.6. The Bertz CT molecular complexity index is 655. The molecule has 2 rings (SSSR count). The Labute approximate surface area is 135 Å². The Balaban J connectivity index is 1.99. The molecule has 22 heavy (non-hydrogen) atoms. The predicted molar refractivity (Wildman–Crippen MR) is 87.9 cm³/mol. The minimum Gasteiger partial charge on any atom is -0.495 e. The van der Waals surface area contributed by atoms with Crippen molar-refractivity contribution in [1.29, 1.82) is 0 Å². The van der Waals surface area contributed by atoms with Crippen LogP contribution >= 0.6 is 11.6 Å². The molecule has 0 aromatic heterocycles. The van der Waals surface area contributed by atoms with Gasteiger partial charge in [-0.3, -0.25) is 4.79 Å². The summed E-state index contributed by atoms with van der Waals surface area (Å²) >= 11 is 6.03. The van der Waals surface area contributed by atoms with E-state index in [0.29, 0.717) is 22.2 Å². The molecule has 1 atom stereocenters. The maximum Gasteiger partial charge on any atom is 0.265 e. The number of benzene rings is 2. The van der Waals surface area contributed by atoms with Crippen LogP contribution in [0.2, 0.25) is 5.02 Å². The molecule has 0 saturated heterocycles. The van der Waals surface area contributed by atoms with E-state index in [4.69, 9.17) is 21.1 Å². The van der Waals surface area contributed by atoms with Crippen molar-refractivity contribution in [1.82, 2.24) is 0 Å². The lowest BCUT2D eigenvalue weighted by Gasteiger charge is -2.15. The number of halogens is 1. The van der Waals surface area contributed by atoms with Crippen molar-refractivity contribution in [3.63, 3.8) is 0 Å². The summed E-state index contributed by atoms with van der Waals surface area (Å²) < 4.78 is 10.7. The molecular formula is C17H18ClNO3. The van der Waals surface area contributed by atoms with Gasteiger partial charge in [-0.1, -0.05) is 29.3 Å². The van der Waals surface area contributed by atoms with Gasteiger partial charge in [-0.05, 0) is 44.2 Å². The van der Waals surface area contributed by atoms with Crippen LogP contribution in [0.5, 0.6) is 11.5 Å². The molecular weight excluding hydrogens is 302 g/mol. The van der Waals surface area contributed by atoms with Gasteiger partial charge in [0.05, 0.1) is 12.1 Å². The van der Waals surface area contributed by atoms with Crippen molar-refractivity contribution in [2.45, 2.75) is 20.0 Å². The van der Waals surface area contributed by atoms with Crippen LogP contribution in [-0.2, 0) is 4.79 Å². The van der Waals surface area contributed by atoms with Crippen molar-refractivity contribution < 1.29 is 14.3 Å². The molecule has 1 N–H and O–H groups in total. The van der Waals surface area contributed by atoms with Crippen LogP contribution in [0.4, 0.5) is 5.69 Å². The average molecular weight is 320 g/mol. The number of nitrogens with one attached hydrogen (secondary N) is 1. The number of ether oxygens (including phenoxy) is 2. The van der Waals surface area contributed by atoms with Crippen LogP contribution in [0.15, 0.2) is 42.5 Å². The van der Waals surface area contributed by atoms with Crippen molar-refractivity contribution in [2.24, 2.45) is 0 Å². The first-order valence-corrected chi connectivity index (χ1v) is 7.25. The van der Waals surface area contributed by atoms with Crippen molar-refractivity contribution in [3.05, 3.63) is 53.1 Å². The molecule has 0 saturated carbocycles. The van der Waals surface area contributed by atoms with E-state index in [1.165, 1.54) is 7.11 Å².